The molecule has 0 aliphatic rings. The van der Waals surface area contributed by atoms with Crippen molar-refractivity contribution in [2.24, 2.45) is 0 Å². The highest BCUT2D eigenvalue weighted by molar-refractivity contribution is 5.27. The third-order valence-corrected chi connectivity index (χ3v) is 2.38. The van der Waals surface area contributed by atoms with Crippen LogP contribution in [-0.2, 0) is 6.42 Å². The lowest BCUT2D eigenvalue weighted by molar-refractivity contribution is -0.858. The van der Waals surface area contributed by atoms with Gasteiger partial charge in [-0.25, -0.2) is 0 Å². The second kappa shape index (κ2) is 6.51. The number of hydrogen-bond acceptors (Lipinski definition) is 1. The fraction of sp³-hybridized carbons (Fsp3) is 0.538. The topological polar surface area (TPSA) is 41.3 Å². The molecule has 0 bridgehead atoms. The van der Waals surface area contributed by atoms with Gasteiger partial charge in [-0.15, -0.1) is 0 Å². The van der Waals surface area contributed by atoms with Gasteiger partial charge in [0, 0.05) is 6.42 Å². The van der Waals surface area contributed by atoms with Gasteiger partial charge in [-0.2, -0.15) is 0 Å². The summed E-state index contributed by atoms with van der Waals surface area (Å²) in [5.41, 5.74) is 5.32. The molecule has 0 saturated carbocycles. The molecule has 0 heterocycles. The predicted molar refractivity (Wildman–Crippen MR) is 65.7 cm³/mol. The predicted octanol–water partition coefficient (Wildman–Crippen LogP) is -0.617. The molecule has 0 aromatic heterocycles. The molecule has 0 saturated heterocycles. The van der Waals surface area contributed by atoms with Crippen LogP contribution >= 0.6 is 0 Å². The van der Waals surface area contributed by atoms with Gasteiger partial charge in [0.15, 0.2) is 0 Å². The summed E-state index contributed by atoms with van der Waals surface area (Å²) in [7, 11) is 4.25. The molecule has 1 aromatic carbocycles. The minimum Gasteiger partial charge on any atom is -0.488 e. The quantitative estimate of drug-likeness (QED) is 0.664. The van der Waals surface area contributed by atoms with Crippen molar-refractivity contribution in [2.75, 3.05) is 27.2 Å². The average molecular weight is 224 g/mol. The van der Waals surface area contributed by atoms with E-state index in [1.807, 2.05) is 12.1 Å². The molecule has 1 atom stereocenters. The Balaban J connectivity index is 2.39. The first-order valence-corrected chi connectivity index (χ1v) is 5.92. The second-order valence-corrected chi connectivity index (χ2v) is 4.76. The maximum Gasteiger partial charge on any atom is 0.137 e. The number of rotatable bonds is 6. The number of benzene rings is 1. The van der Waals surface area contributed by atoms with Gasteiger partial charge in [0.25, 0.3) is 0 Å². The van der Waals surface area contributed by atoms with Gasteiger partial charge in [0.1, 0.15) is 18.9 Å². The van der Waals surface area contributed by atoms with Gasteiger partial charge >= 0.3 is 0 Å². The molecular weight excluding hydrogens is 200 g/mol. The van der Waals surface area contributed by atoms with Crippen LogP contribution in [0.1, 0.15) is 12.5 Å². The van der Waals surface area contributed by atoms with E-state index in [0.29, 0.717) is 6.04 Å². The maximum absolute atomic E-state index is 5.64. The van der Waals surface area contributed by atoms with Crippen LogP contribution in [0.25, 0.3) is 0 Å². The summed E-state index contributed by atoms with van der Waals surface area (Å²) in [6, 6.07) is 8.80. The van der Waals surface area contributed by atoms with Crippen molar-refractivity contribution in [1.29, 1.82) is 0 Å². The Hall–Kier alpha value is -1.06. The summed E-state index contributed by atoms with van der Waals surface area (Å²) < 4.78 is 5.64. The number of quaternary nitrogens is 2. The molecule has 1 aromatic rings. The molecule has 0 aliphatic carbocycles. The van der Waals surface area contributed by atoms with Crippen molar-refractivity contribution in [3.8, 4) is 5.75 Å². The van der Waals surface area contributed by atoms with Gasteiger partial charge in [0.05, 0.1) is 20.1 Å². The molecular formula is C13H24N2O+2. The van der Waals surface area contributed by atoms with E-state index in [4.69, 9.17) is 4.74 Å². The largest absolute Gasteiger partial charge is 0.488 e. The number of likely N-dealkylation sites (N-methyl/N-ethyl adjacent to an activating group) is 1. The smallest absolute Gasteiger partial charge is 0.137 e. The van der Waals surface area contributed by atoms with E-state index in [1.165, 1.54) is 10.5 Å². The number of hydrogen-bond donors (Lipinski definition) is 2. The Morgan fingerprint density at radius 2 is 1.88 bits per heavy atom. The molecule has 3 heteroatoms. The minimum atomic E-state index is 0.462. The van der Waals surface area contributed by atoms with E-state index >= 15 is 0 Å². The molecule has 4 N–H and O–H groups in total. The van der Waals surface area contributed by atoms with Crippen molar-refractivity contribution in [2.45, 2.75) is 19.4 Å². The molecule has 0 spiro atoms. The molecule has 0 unspecified atom stereocenters. The third kappa shape index (κ3) is 5.14. The lowest BCUT2D eigenvalue weighted by atomic mass is 10.1. The molecule has 0 amide bonds. The first-order valence-electron chi connectivity index (χ1n) is 5.92. The average Bonchev–Trinajstić information content (AvgIpc) is 2.19. The van der Waals surface area contributed by atoms with E-state index in [0.717, 1.165) is 25.3 Å². The zero-order valence-electron chi connectivity index (χ0n) is 10.6. The van der Waals surface area contributed by atoms with Gasteiger partial charge in [-0.05, 0) is 24.6 Å². The summed E-state index contributed by atoms with van der Waals surface area (Å²) in [5.74, 6) is 0.960. The van der Waals surface area contributed by atoms with Gasteiger partial charge in [-0.3, -0.25) is 0 Å². The van der Waals surface area contributed by atoms with Crippen LogP contribution in [0.2, 0.25) is 0 Å². The van der Waals surface area contributed by atoms with Crippen LogP contribution in [-0.4, -0.2) is 33.3 Å². The van der Waals surface area contributed by atoms with E-state index < -0.39 is 0 Å². The molecule has 90 valence electrons. The molecule has 0 fully saturated rings. The van der Waals surface area contributed by atoms with Gasteiger partial charge in [0.2, 0.25) is 0 Å². The Labute approximate surface area is 98.2 Å². The van der Waals surface area contributed by atoms with E-state index in [9.17, 15) is 0 Å². The SMILES string of the molecule is C[C@H]([NH3+])Cc1ccc(OCC[NH+](C)C)cc1. The van der Waals surface area contributed by atoms with Crippen LogP contribution in [0.15, 0.2) is 24.3 Å². The Morgan fingerprint density at radius 3 is 2.38 bits per heavy atom. The third-order valence-electron chi connectivity index (χ3n) is 2.38. The highest BCUT2D eigenvalue weighted by Gasteiger charge is 2.01. The molecule has 0 radical (unpaired) electrons. The molecule has 0 aliphatic heterocycles. The van der Waals surface area contributed by atoms with Crippen molar-refractivity contribution in [3.05, 3.63) is 29.8 Å². The Morgan fingerprint density at radius 1 is 1.25 bits per heavy atom. The van der Waals surface area contributed by atoms with Crippen LogP contribution in [0.3, 0.4) is 0 Å². The van der Waals surface area contributed by atoms with Gasteiger partial charge < -0.3 is 15.4 Å². The zero-order valence-corrected chi connectivity index (χ0v) is 10.6. The standard InChI is InChI=1S/C13H22N2O/c1-11(14)10-12-4-6-13(7-5-12)16-9-8-15(2)3/h4-7,11H,8-10,14H2,1-3H3/p+2/t11-/m0/s1. The molecule has 16 heavy (non-hydrogen) atoms. The lowest BCUT2D eigenvalue weighted by Gasteiger charge is -2.09. The number of nitrogens with one attached hydrogen (secondary N) is 1. The minimum absolute atomic E-state index is 0.462. The summed E-state index contributed by atoms with van der Waals surface area (Å²) in [4.78, 5) is 1.41. The highest BCUT2D eigenvalue weighted by Crippen LogP contribution is 2.12. The van der Waals surface area contributed by atoms with Crippen molar-refractivity contribution < 1.29 is 15.4 Å². The van der Waals surface area contributed by atoms with Crippen molar-refractivity contribution in [1.82, 2.24) is 0 Å². The van der Waals surface area contributed by atoms with E-state index in [-0.39, 0.29) is 0 Å². The summed E-state index contributed by atoms with van der Waals surface area (Å²) >= 11 is 0. The fourth-order valence-electron chi connectivity index (χ4n) is 1.50. The van der Waals surface area contributed by atoms with Crippen LogP contribution in [0, 0.1) is 0 Å². The summed E-state index contributed by atoms with van der Waals surface area (Å²) in [6.45, 7) is 3.93. The van der Waals surface area contributed by atoms with Crippen molar-refractivity contribution >= 4 is 0 Å². The number of ether oxygens (including phenoxy) is 1. The Kier molecular flexibility index (Phi) is 5.29. The first kappa shape index (κ1) is 13.0. The zero-order chi connectivity index (χ0) is 12.0. The summed E-state index contributed by atoms with van der Waals surface area (Å²) in [5, 5.41) is 0. The normalized spacial score (nSPS) is 12.8. The molecule has 1 rings (SSSR count). The van der Waals surface area contributed by atoms with Crippen LogP contribution < -0.4 is 15.4 Å². The van der Waals surface area contributed by atoms with Crippen molar-refractivity contribution in [3.63, 3.8) is 0 Å². The summed E-state index contributed by atoms with van der Waals surface area (Å²) in [6.07, 6.45) is 1.03. The van der Waals surface area contributed by atoms with Gasteiger partial charge in [-0.1, -0.05) is 12.1 Å². The monoisotopic (exact) mass is 224 g/mol. The maximum atomic E-state index is 5.64. The van der Waals surface area contributed by atoms with E-state index in [1.54, 1.807) is 0 Å². The highest BCUT2D eigenvalue weighted by atomic mass is 16.5. The van der Waals surface area contributed by atoms with Crippen LogP contribution in [0.5, 0.6) is 5.75 Å². The second-order valence-electron chi connectivity index (χ2n) is 4.76. The van der Waals surface area contributed by atoms with Crippen LogP contribution in [0.4, 0.5) is 0 Å². The lowest BCUT2D eigenvalue weighted by Crippen LogP contribution is -3.06. The first-order chi connectivity index (χ1) is 7.58. The fourth-order valence-corrected chi connectivity index (χ4v) is 1.50. The molecule has 3 nitrogen and oxygen atoms in total. The Bertz CT molecular complexity index is 293. The van der Waals surface area contributed by atoms with E-state index in [2.05, 4.69) is 38.9 Å².